The summed E-state index contributed by atoms with van der Waals surface area (Å²) in [5, 5.41) is 5.07. The predicted octanol–water partition coefficient (Wildman–Crippen LogP) is 12.9. The number of anilines is 3. The lowest BCUT2D eigenvalue weighted by Gasteiger charge is -2.28. The number of rotatable bonds is 5. The molecule has 0 spiro atoms. The third-order valence-corrected chi connectivity index (χ3v) is 8.89. The van der Waals surface area contributed by atoms with E-state index in [4.69, 9.17) is 0 Å². The lowest BCUT2D eigenvalue weighted by atomic mass is 9.86. The molecule has 7 aromatic carbocycles. The maximum Gasteiger partial charge on any atom is 0.0475 e. The zero-order valence-corrected chi connectivity index (χ0v) is 26.8. The molecule has 1 nitrogen and oxygen atoms in total. The van der Waals surface area contributed by atoms with Gasteiger partial charge in [-0.2, -0.15) is 0 Å². The fourth-order valence-electron chi connectivity index (χ4n) is 6.29. The minimum atomic E-state index is 0.0266. The summed E-state index contributed by atoms with van der Waals surface area (Å²) in [5.74, 6) is 0. The van der Waals surface area contributed by atoms with Gasteiger partial charge >= 0.3 is 0 Å². The van der Waals surface area contributed by atoms with Crippen molar-refractivity contribution < 1.29 is 0 Å². The first-order valence-electron chi connectivity index (χ1n) is 15.1. The molecule has 0 bridgehead atoms. The summed E-state index contributed by atoms with van der Waals surface area (Å²) in [5.41, 5.74) is 9.69. The van der Waals surface area contributed by atoms with E-state index in [1.807, 2.05) is 0 Å². The van der Waals surface area contributed by atoms with E-state index in [1.165, 1.54) is 49.4 Å². The van der Waals surface area contributed by atoms with Gasteiger partial charge in [-0.25, -0.2) is 0 Å². The van der Waals surface area contributed by atoms with Crippen molar-refractivity contribution >= 4 is 54.5 Å². The summed E-state index contributed by atoms with van der Waals surface area (Å²) in [6, 6.07) is 54.9. The van der Waals surface area contributed by atoms with Gasteiger partial charge in [0.15, 0.2) is 0 Å². The number of hydrogen-bond acceptors (Lipinski definition) is 1. The average Bonchev–Trinajstić information content (AvgIpc) is 3.04. The Morgan fingerprint density at radius 1 is 0.432 bits per heavy atom. The minimum Gasteiger partial charge on any atom is -0.310 e. The Kier molecular flexibility index (Phi) is 7.32. The van der Waals surface area contributed by atoms with Crippen LogP contribution < -0.4 is 4.90 Å². The number of fused-ring (bicyclic) bond motifs is 2. The van der Waals surface area contributed by atoms with E-state index < -0.39 is 0 Å². The molecule has 0 saturated carbocycles. The molecule has 0 heterocycles. The van der Waals surface area contributed by atoms with Gasteiger partial charge in [0.25, 0.3) is 0 Å². The van der Waals surface area contributed by atoms with Crippen LogP contribution in [0.25, 0.3) is 43.8 Å². The van der Waals surface area contributed by atoms with Crippen LogP contribution >= 0.6 is 15.9 Å². The Balaban J connectivity index is 1.42. The smallest absolute Gasteiger partial charge is 0.0475 e. The van der Waals surface area contributed by atoms with Crippen molar-refractivity contribution in [1.29, 1.82) is 0 Å². The van der Waals surface area contributed by atoms with Crippen LogP contribution in [0.5, 0.6) is 0 Å². The Labute approximate surface area is 268 Å². The molecule has 0 N–H and O–H groups in total. The van der Waals surface area contributed by atoms with Gasteiger partial charge in [-0.3, -0.25) is 0 Å². The number of nitrogens with zero attached hydrogens (tertiary/aromatic N) is 1. The largest absolute Gasteiger partial charge is 0.310 e. The molecule has 0 aliphatic heterocycles. The fourth-order valence-corrected chi connectivity index (χ4v) is 6.77. The summed E-state index contributed by atoms with van der Waals surface area (Å²) in [7, 11) is 0. The third kappa shape index (κ3) is 5.20. The molecular formula is C42H34BrN. The predicted molar refractivity (Wildman–Crippen MR) is 193 cm³/mol. The van der Waals surface area contributed by atoms with Gasteiger partial charge in [-0.15, -0.1) is 0 Å². The van der Waals surface area contributed by atoms with Crippen LogP contribution in [0.1, 0.15) is 26.3 Å². The lowest BCUT2D eigenvalue weighted by Crippen LogP contribution is -2.14. The highest BCUT2D eigenvalue weighted by Crippen LogP contribution is 2.45. The molecule has 0 aromatic heterocycles. The van der Waals surface area contributed by atoms with Crippen LogP contribution in [0.3, 0.4) is 0 Å². The van der Waals surface area contributed by atoms with Gasteiger partial charge in [0, 0.05) is 21.5 Å². The van der Waals surface area contributed by atoms with Crippen LogP contribution in [-0.2, 0) is 5.41 Å². The van der Waals surface area contributed by atoms with Crippen LogP contribution in [0.2, 0.25) is 0 Å². The first kappa shape index (κ1) is 28.1. The van der Waals surface area contributed by atoms with Crippen molar-refractivity contribution in [3.63, 3.8) is 0 Å². The van der Waals surface area contributed by atoms with Crippen molar-refractivity contribution in [2.24, 2.45) is 0 Å². The maximum atomic E-state index is 3.80. The molecule has 0 aliphatic carbocycles. The van der Waals surface area contributed by atoms with Gasteiger partial charge in [-0.1, -0.05) is 146 Å². The molecule has 0 aliphatic rings. The van der Waals surface area contributed by atoms with Crippen molar-refractivity contribution in [2.75, 3.05) is 4.90 Å². The molecule has 7 rings (SSSR count). The zero-order valence-electron chi connectivity index (χ0n) is 25.3. The minimum absolute atomic E-state index is 0.0266. The summed E-state index contributed by atoms with van der Waals surface area (Å²) < 4.78 is 1.08. The second-order valence-corrected chi connectivity index (χ2v) is 13.3. The van der Waals surface area contributed by atoms with Crippen LogP contribution in [0.4, 0.5) is 17.1 Å². The summed E-state index contributed by atoms with van der Waals surface area (Å²) in [6.07, 6.45) is 0. The molecule has 0 saturated heterocycles. The number of halogens is 1. The Hall–Kier alpha value is -4.66. The van der Waals surface area contributed by atoms with Crippen molar-refractivity contribution in [3.8, 4) is 22.3 Å². The molecule has 7 aromatic rings. The molecular weight excluding hydrogens is 598 g/mol. The summed E-state index contributed by atoms with van der Waals surface area (Å²) in [4.78, 5) is 2.35. The normalized spacial score (nSPS) is 11.6. The molecule has 0 radical (unpaired) electrons. The van der Waals surface area contributed by atoms with Crippen LogP contribution in [0, 0.1) is 0 Å². The van der Waals surface area contributed by atoms with E-state index in [1.54, 1.807) is 0 Å². The third-order valence-electron chi connectivity index (χ3n) is 8.43. The fraction of sp³-hybridized carbons (Fsp3) is 0.0952. The van der Waals surface area contributed by atoms with Gasteiger partial charge in [0.1, 0.15) is 0 Å². The Bertz CT molecular complexity index is 2030. The first-order chi connectivity index (χ1) is 21.4. The van der Waals surface area contributed by atoms with E-state index in [0.717, 1.165) is 21.5 Å². The Morgan fingerprint density at radius 3 is 1.36 bits per heavy atom. The molecule has 214 valence electrons. The van der Waals surface area contributed by atoms with Crippen molar-refractivity contribution in [2.45, 2.75) is 26.2 Å². The topological polar surface area (TPSA) is 3.24 Å². The molecule has 0 fully saturated rings. The molecule has 44 heavy (non-hydrogen) atoms. The van der Waals surface area contributed by atoms with E-state index >= 15 is 0 Å². The highest BCUT2D eigenvalue weighted by Gasteiger charge is 2.20. The number of para-hydroxylation sites is 1. The summed E-state index contributed by atoms with van der Waals surface area (Å²) >= 11 is 3.80. The maximum absolute atomic E-state index is 3.80. The van der Waals surface area contributed by atoms with E-state index in [0.29, 0.717) is 0 Å². The first-order valence-corrected chi connectivity index (χ1v) is 15.9. The SMILES string of the molecule is CC(C)(C)c1cc(Br)cc(N(c2ccccc2)c2ccc(-c3c4ccccc4c(-c4ccccc4)c4ccccc34)cc2)c1. The standard InChI is InChI=1S/C42H34BrN/c1-42(2,3)31-26-32(43)28-35(27-31)44(33-16-8-5-9-17-33)34-24-22-30(23-25-34)41-38-20-12-10-18-36(38)40(29-14-6-4-7-15-29)37-19-11-13-21-39(37)41/h4-28H,1-3H3. The molecule has 2 heteroatoms. The van der Waals surface area contributed by atoms with E-state index in [-0.39, 0.29) is 5.41 Å². The number of hydrogen-bond donors (Lipinski definition) is 0. The van der Waals surface area contributed by atoms with Gasteiger partial charge in [-0.05, 0) is 97.2 Å². The zero-order chi connectivity index (χ0) is 30.3. The molecule has 0 unspecified atom stereocenters. The van der Waals surface area contributed by atoms with Gasteiger partial charge in [0.05, 0.1) is 0 Å². The van der Waals surface area contributed by atoms with Crippen molar-refractivity contribution in [1.82, 2.24) is 0 Å². The molecule has 0 amide bonds. The number of benzene rings is 7. The van der Waals surface area contributed by atoms with Crippen LogP contribution in [-0.4, -0.2) is 0 Å². The van der Waals surface area contributed by atoms with E-state index in [2.05, 4.69) is 193 Å². The van der Waals surface area contributed by atoms with Gasteiger partial charge in [0.2, 0.25) is 0 Å². The second-order valence-electron chi connectivity index (χ2n) is 12.4. The van der Waals surface area contributed by atoms with Crippen molar-refractivity contribution in [3.05, 3.63) is 162 Å². The van der Waals surface area contributed by atoms with Gasteiger partial charge < -0.3 is 4.90 Å². The summed E-state index contributed by atoms with van der Waals surface area (Å²) in [6.45, 7) is 6.79. The quantitative estimate of drug-likeness (QED) is 0.171. The lowest BCUT2D eigenvalue weighted by molar-refractivity contribution is 0.590. The Morgan fingerprint density at radius 2 is 0.864 bits per heavy atom. The average molecular weight is 633 g/mol. The molecule has 0 atom stereocenters. The monoisotopic (exact) mass is 631 g/mol. The highest BCUT2D eigenvalue weighted by atomic mass is 79.9. The van der Waals surface area contributed by atoms with E-state index in [9.17, 15) is 0 Å². The second kappa shape index (κ2) is 11.4. The highest BCUT2D eigenvalue weighted by molar-refractivity contribution is 9.10. The van der Waals surface area contributed by atoms with Crippen LogP contribution in [0.15, 0.2) is 156 Å².